The lowest BCUT2D eigenvalue weighted by Gasteiger charge is -2.37. The van der Waals surface area contributed by atoms with Crippen molar-refractivity contribution in [1.82, 2.24) is 15.5 Å². The van der Waals surface area contributed by atoms with Crippen LogP contribution in [0.25, 0.3) is 0 Å². The molecular weight excluding hydrogens is 226 g/mol. The molecule has 2 fully saturated rings. The Kier molecular flexibility index (Phi) is 4.62. The highest BCUT2D eigenvalue weighted by Crippen LogP contribution is 2.20. The predicted molar refractivity (Wildman–Crippen MR) is 73.5 cm³/mol. The first kappa shape index (κ1) is 13.8. The summed E-state index contributed by atoms with van der Waals surface area (Å²) >= 11 is 0. The predicted octanol–water partition coefficient (Wildman–Crippen LogP) is 1.12. The number of likely N-dealkylation sites (tertiary alicyclic amines) is 1. The zero-order valence-corrected chi connectivity index (χ0v) is 11.8. The van der Waals surface area contributed by atoms with Gasteiger partial charge >= 0.3 is 0 Å². The van der Waals surface area contributed by atoms with E-state index in [1.54, 1.807) is 0 Å². The Morgan fingerprint density at radius 2 is 2.28 bits per heavy atom. The zero-order chi connectivity index (χ0) is 13.0. The van der Waals surface area contributed by atoms with E-state index in [0.29, 0.717) is 6.04 Å². The summed E-state index contributed by atoms with van der Waals surface area (Å²) in [6, 6.07) is 0.340. The number of carbonyl (C=O) groups excluding carboxylic acids is 1. The van der Waals surface area contributed by atoms with Gasteiger partial charge in [0.1, 0.15) is 0 Å². The zero-order valence-electron chi connectivity index (χ0n) is 11.8. The molecule has 2 aliphatic heterocycles. The summed E-state index contributed by atoms with van der Waals surface area (Å²) in [5, 5.41) is 6.63. The highest BCUT2D eigenvalue weighted by Gasteiger charge is 2.35. The smallest absolute Gasteiger partial charge is 0.240 e. The molecule has 0 aliphatic carbocycles. The standard InChI is InChI=1S/C14H27N3O/c1-3-17-10-6-7-12(11-17)16-13(18)14(2)8-4-5-9-15-14/h12,15H,3-11H2,1-2H3,(H,16,18). The van der Waals surface area contributed by atoms with Crippen molar-refractivity contribution in [2.75, 3.05) is 26.2 Å². The van der Waals surface area contributed by atoms with Gasteiger partial charge in [0.2, 0.25) is 5.91 Å². The molecule has 0 spiro atoms. The fraction of sp³-hybridized carbons (Fsp3) is 0.929. The van der Waals surface area contributed by atoms with Crippen LogP contribution in [0.2, 0.25) is 0 Å². The molecule has 2 rings (SSSR count). The third kappa shape index (κ3) is 3.23. The summed E-state index contributed by atoms with van der Waals surface area (Å²) < 4.78 is 0. The molecule has 2 atom stereocenters. The van der Waals surface area contributed by atoms with Crippen LogP contribution in [0.4, 0.5) is 0 Å². The van der Waals surface area contributed by atoms with E-state index in [1.165, 1.54) is 19.4 Å². The SMILES string of the molecule is CCN1CCCC(NC(=O)C2(C)CCCCN2)C1. The summed E-state index contributed by atoms with van der Waals surface area (Å²) in [6.07, 6.45) is 5.63. The molecule has 18 heavy (non-hydrogen) atoms. The fourth-order valence-electron chi connectivity index (χ4n) is 3.06. The van der Waals surface area contributed by atoms with E-state index >= 15 is 0 Å². The Balaban J connectivity index is 1.86. The summed E-state index contributed by atoms with van der Waals surface area (Å²) in [7, 11) is 0. The van der Waals surface area contributed by atoms with E-state index in [4.69, 9.17) is 0 Å². The average Bonchev–Trinajstić information content (AvgIpc) is 2.40. The molecule has 2 saturated heterocycles. The van der Waals surface area contributed by atoms with Crippen molar-refractivity contribution in [2.45, 2.75) is 57.5 Å². The number of hydrogen-bond donors (Lipinski definition) is 2. The maximum atomic E-state index is 12.4. The lowest BCUT2D eigenvalue weighted by molar-refractivity contribution is -0.129. The monoisotopic (exact) mass is 253 g/mol. The third-order valence-corrected chi connectivity index (χ3v) is 4.41. The molecule has 0 aromatic heterocycles. The number of piperidine rings is 2. The Morgan fingerprint density at radius 1 is 1.44 bits per heavy atom. The van der Waals surface area contributed by atoms with E-state index in [-0.39, 0.29) is 11.4 Å². The molecule has 2 aliphatic rings. The van der Waals surface area contributed by atoms with Crippen molar-refractivity contribution in [3.63, 3.8) is 0 Å². The molecule has 0 radical (unpaired) electrons. The van der Waals surface area contributed by atoms with Crippen LogP contribution in [0.5, 0.6) is 0 Å². The first-order chi connectivity index (χ1) is 8.64. The number of nitrogens with one attached hydrogen (secondary N) is 2. The van der Waals surface area contributed by atoms with Crippen LogP contribution in [0.3, 0.4) is 0 Å². The minimum Gasteiger partial charge on any atom is -0.350 e. The highest BCUT2D eigenvalue weighted by molar-refractivity contribution is 5.86. The highest BCUT2D eigenvalue weighted by atomic mass is 16.2. The molecule has 4 heteroatoms. The second-order valence-electron chi connectivity index (χ2n) is 5.92. The average molecular weight is 253 g/mol. The molecule has 0 aromatic carbocycles. The second-order valence-corrected chi connectivity index (χ2v) is 5.92. The van der Waals surface area contributed by atoms with Crippen LogP contribution < -0.4 is 10.6 Å². The Morgan fingerprint density at radius 3 is 2.94 bits per heavy atom. The van der Waals surface area contributed by atoms with Gasteiger partial charge in [-0.25, -0.2) is 0 Å². The van der Waals surface area contributed by atoms with Crippen LogP contribution >= 0.6 is 0 Å². The quantitative estimate of drug-likeness (QED) is 0.792. The Labute approximate surface area is 110 Å². The normalized spacial score (nSPS) is 34.2. The van der Waals surface area contributed by atoms with Gasteiger partial charge in [-0.1, -0.05) is 6.92 Å². The van der Waals surface area contributed by atoms with Gasteiger partial charge in [0, 0.05) is 12.6 Å². The number of hydrogen-bond acceptors (Lipinski definition) is 3. The third-order valence-electron chi connectivity index (χ3n) is 4.41. The van der Waals surface area contributed by atoms with E-state index in [1.807, 2.05) is 6.92 Å². The molecule has 4 nitrogen and oxygen atoms in total. The van der Waals surface area contributed by atoms with Crippen LogP contribution in [-0.4, -0.2) is 48.6 Å². The summed E-state index contributed by atoms with van der Waals surface area (Å²) in [5.41, 5.74) is -0.341. The summed E-state index contributed by atoms with van der Waals surface area (Å²) in [5.74, 6) is 0.199. The molecular formula is C14H27N3O. The maximum Gasteiger partial charge on any atom is 0.240 e. The maximum absolute atomic E-state index is 12.4. The van der Waals surface area contributed by atoms with Gasteiger partial charge < -0.3 is 15.5 Å². The van der Waals surface area contributed by atoms with E-state index in [0.717, 1.165) is 38.9 Å². The van der Waals surface area contributed by atoms with E-state index in [9.17, 15) is 4.79 Å². The van der Waals surface area contributed by atoms with Gasteiger partial charge in [-0.2, -0.15) is 0 Å². The molecule has 0 saturated carbocycles. The van der Waals surface area contributed by atoms with Crippen LogP contribution in [0.15, 0.2) is 0 Å². The van der Waals surface area contributed by atoms with Gasteiger partial charge in [-0.05, 0) is 58.7 Å². The topological polar surface area (TPSA) is 44.4 Å². The molecule has 0 aromatic rings. The Hall–Kier alpha value is -0.610. The van der Waals surface area contributed by atoms with Crippen LogP contribution in [0.1, 0.15) is 46.0 Å². The van der Waals surface area contributed by atoms with Gasteiger partial charge in [-0.3, -0.25) is 4.79 Å². The van der Waals surface area contributed by atoms with Crippen LogP contribution in [-0.2, 0) is 4.79 Å². The number of likely N-dealkylation sites (N-methyl/N-ethyl adjacent to an activating group) is 1. The van der Waals surface area contributed by atoms with Gasteiger partial charge in [0.25, 0.3) is 0 Å². The van der Waals surface area contributed by atoms with E-state index < -0.39 is 0 Å². The lowest BCUT2D eigenvalue weighted by atomic mass is 9.89. The van der Waals surface area contributed by atoms with Crippen molar-refractivity contribution >= 4 is 5.91 Å². The number of carbonyl (C=O) groups is 1. The van der Waals surface area contributed by atoms with Gasteiger partial charge in [0.15, 0.2) is 0 Å². The molecule has 0 bridgehead atoms. The molecule has 104 valence electrons. The molecule has 2 unspecified atom stereocenters. The summed E-state index contributed by atoms with van der Waals surface area (Å²) in [6.45, 7) is 8.48. The number of nitrogens with zero attached hydrogens (tertiary/aromatic N) is 1. The second kappa shape index (κ2) is 6.02. The lowest BCUT2D eigenvalue weighted by Crippen LogP contribution is -2.60. The van der Waals surface area contributed by atoms with Gasteiger partial charge in [0.05, 0.1) is 5.54 Å². The van der Waals surface area contributed by atoms with Crippen LogP contribution in [0, 0.1) is 0 Å². The first-order valence-corrected chi connectivity index (χ1v) is 7.42. The van der Waals surface area contributed by atoms with Crippen molar-refractivity contribution in [1.29, 1.82) is 0 Å². The first-order valence-electron chi connectivity index (χ1n) is 7.42. The number of amides is 1. The largest absolute Gasteiger partial charge is 0.350 e. The molecule has 1 amide bonds. The number of rotatable bonds is 3. The molecule has 2 heterocycles. The minimum atomic E-state index is -0.341. The Bertz CT molecular complexity index is 287. The molecule has 2 N–H and O–H groups in total. The van der Waals surface area contributed by atoms with E-state index in [2.05, 4.69) is 22.5 Å². The van der Waals surface area contributed by atoms with Crippen molar-refractivity contribution < 1.29 is 4.79 Å². The van der Waals surface area contributed by atoms with Crippen molar-refractivity contribution in [2.24, 2.45) is 0 Å². The van der Waals surface area contributed by atoms with Gasteiger partial charge in [-0.15, -0.1) is 0 Å². The fourth-order valence-corrected chi connectivity index (χ4v) is 3.06. The van der Waals surface area contributed by atoms with Crippen molar-refractivity contribution in [3.05, 3.63) is 0 Å². The summed E-state index contributed by atoms with van der Waals surface area (Å²) in [4.78, 5) is 14.8. The minimum absolute atomic E-state index is 0.199. The van der Waals surface area contributed by atoms with Crippen molar-refractivity contribution in [3.8, 4) is 0 Å².